The molecule has 1 aliphatic heterocycles. The van der Waals surface area contributed by atoms with E-state index >= 15 is 0 Å². The highest BCUT2D eigenvalue weighted by Crippen LogP contribution is 2.35. The molecule has 1 amide bonds. The highest BCUT2D eigenvalue weighted by molar-refractivity contribution is 7.17. The predicted molar refractivity (Wildman–Crippen MR) is 108 cm³/mol. The summed E-state index contributed by atoms with van der Waals surface area (Å²) >= 11 is 2.01. The van der Waals surface area contributed by atoms with Gasteiger partial charge in [-0.3, -0.25) is 19.7 Å². The standard InChI is InChI=1S/C18H15N3O7S2/c1-26-16(22)4-5-20-10-8-11-12(28-7-6-27-11)9-14(10)30-18(20)19-17(23)13-2-3-15(29-13)21(24)25/h2-3,8-9H,4-7H2,1H3. The third kappa shape index (κ3) is 3.91. The molecule has 0 bridgehead atoms. The van der Waals surface area contributed by atoms with Gasteiger partial charge in [-0.1, -0.05) is 22.7 Å². The molecule has 1 aromatic carbocycles. The van der Waals surface area contributed by atoms with Crippen LogP contribution in [-0.2, 0) is 16.1 Å². The lowest BCUT2D eigenvalue weighted by atomic mass is 10.2. The van der Waals surface area contributed by atoms with Crippen molar-refractivity contribution in [2.45, 2.75) is 13.0 Å². The highest BCUT2D eigenvalue weighted by Gasteiger charge is 2.19. The van der Waals surface area contributed by atoms with Gasteiger partial charge in [-0.2, -0.15) is 4.99 Å². The maximum atomic E-state index is 12.6. The second-order valence-corrected chi connectivity index (χ2v) is 8.21. The van der Waals surface area contributed by atoms with Crippen LogP contribution in [0.25, 0.3) is 10.2 Å². The fourth-order valence-electron chi connectivity index (χ4n) is 2.90. The molecule has 2 aromatic heterocycles. The van der Waals surface area contributed by atoms with Crippen LogP contribution in [0.3, 0.4) is 0 Å². The monoisotopic (exact) mass is 449 g/mol. The molecule has 0 radical (unpaired) electrons. The first-order valence-electron chi connectivity index (χ1n) is 8.79. The van der Waals surface area contributed by atoms with Gasteiger partial charge in [-0.15, -0.1) is 0 Å². The van der Waals surface area contributed by atoms with Gasteiger partial charge in [0.05, 0.1) is 28.7 Å². The van der Waals surface area contributed by atoms with E-state index in [0.29, 0.717) is 29.5 Å². The first-order chi connectivity index (χ1) is 14.5. The third-order valence-electron chi connectivity index (χ3n) is 4.29. The van der Waals surface area contributed by atoms with Gasteiger partial charge < -0.3 is 18.8 Å². The van der Waals surface area contributed by atoms with E-state index in [1.807, 2.05) is 6.07 Å². The van der Waals surface area contributed by atoms with E-state index < -0.39 is 16.8 Å². The van der Waals surface area contributed by atoms with Crippen LogP contribution in [-0.4, -0.2) is 41.7 Å². The number of benzene rings is 1. The number of rotatable bonds is 5. The summed E-state index contributed by atoms with van der Waals surface area (Å²) in [5.41, 5.74) is 0.733. The first kappa shape index (κ1) is 20.0. The van der Waals surface area contributed by atoms with Crippen molar-refractivity contribution in [3.05, 3.63) is 44.1 Å². The maximum Gasteiger partial charge on any atom is 0.324 e. The van der Waals surface area contributed by atoms with Gasteiger partial charge in [0.2, 0.25) is 0 Å². The van der Waals surface area contributed by atoms with Gasteiger partial charge in [-0.05, 0) is 6.07 Å². The number of methoxy groups -OCH3 is 1. The average Bonchev–Trinajstić information content (AvgIpc) is 3.35. The van der Waals surface area contributed by atoms with Gasteiger partial charge in [0.1, 0.15) is 18.1 Å². The molecule has 0 saturated heterocycles. The zero-order valence-corrected chi connectivity index (χ0v) is 17.3. The Morgan fingerprint density at radius 3 is 2.63 bits per heavy atom. The molecule has 10 nitrogen and oxygen atoms in total. The molecule has 30 heavy (non-hydrogen) atoms. The number of nitrogens with zero attached hydrogens (tertiary/aromatic N) is 3. The minimum absolute atomic E-state index is 0.0859. The van der Waals surface area contributed by atoms with Crippen LogP contribution in [0.5, 0.6) is 11.5 Å². The molecule has 0 aliphatic carbocycles. The highest BCUT2D eigenvalue weighted by atomic mass is 32.1. The Bertz CT molecular complexity index is 1220. The molecular formula is C18H15N3O7S2. The Balaban J connectivity index is 1.79. The van der Waals surface area contributed by atoms with Crippen molar-refractivity contribution in [1.29, 1.82) is 0 Å². The summed E-state index contributed by atoms with van der Waals surface area (Å²) in [6, 6.07) is 6.24. The summed E-state index contributed by atoms with van der Waals surface area (Å²) in [5, 5.41) is 10.7. The summed E-state index contributed by atoms with van der Waals surface area (Å²) in [6.45, 7) is 1.11. The lowest BCUT2D eigenvalue weighted by Crippen LogP contribution is -2.19. The molecular weight excluding hydrogens is 434 g/mol. The Morgan fingerprint density at radius 2 is 1.97 bits per heavy atom. The molecule has 1 aliphatic rings. The van der Waals surface area contributed by atoms with Crippen LogP contribution >= 0.6 is 22.7 Å². The van der Waals surface area contributed by atoms with Crippen molar-refractivity contribution in [2.75, 3.05) is 20.3 Å². The van der Waals surface area contributed by atoms with Crippen molar-refractivity contribution >= 4 is 49.8 Å². The molecule has 0 fully saturated rings. The van der Waals surface area contributed by atoms with E-state index in [1.165, 1.54) is 30.6 Å². The summed E-state index contributed by atoms with van der Waals surface area (Å²) in [6.07, 6.45) is 0.0859. The SMILES string of the molecule is COC(=O)CCn1c(=NC(=O)c2ccc([N+](=O)[O-])s2)sc2cc3c(cc21)OCCO3. The zero-order chi connectivity index (χ0) is 21.3. The molecule has 0 saturated carbocycles. The molecule has 4 rings (SSSR count). The number of esters is 1. The molecule has 0 spiro atoms. The molecule has 0 N–H and O–H groups in total. The van der Waals surface area contributed by atoms with Crippen molar-refractivity contribution in [2.24, 2.45) is 4.99 Å². The number of aryl methyl sites for hydroxylation is 1. The number of nitro groups is 1. The number of amides is 1. The van der Waals surface area contributed by atoms with Crippen molar-refractivity contribution < 1.29 is 28.7 Å². The minimum Gasteiger partial charge on any atom is -0.486 e. The number of hydrogen-bond donors (Lipinski definition) is 0. The van der Waals surface area contributed by atoms with Gasteiger partial charge in [-0.25, -0.2) is 0 Å². The van der Waals surface area contributed by atoms with Gasteiger partial charge >= 0.3 is 11.0 Å². The molecule has 0 unspecified atom stereocenters. The molecule has 156 valence electrons. The molecule has 0 atom stereocenters. The molecule has 3 aromatic rings. The summed E-state index contributed by atoms with van der Waals surface area (Å²) < 4.78 is 18.5. The van der Waals surface area contributed by atoms with Gasteiger partial charge in [0, 0.05) is 24.7 Å². The van der Waals surface area contributed by atoms with E-state index in [4.69, 9.17) is 14.2 Å². The topological polar surface area (TPSA) is 122 Å². The fraction of sp³-hybridized carbons (Fsp3) is 0.278. The zero-order valence-electron chi connectivity index (χ0n) is 15.7. The number of hydrogen-bond acceptors (Lipinski definition) is 9. The lowest BCUT2D eigenvalue weighted by Gasteiger charge is -2.18. The number of thiazole rings is 1. The van der Waals surface area contributed by atoms with Crippen molar-refractivity contribution in [1.82, 2.24) is 4.57 Å². The summed E-state index contributed by atoms with van der Waals surface area (Å²) in [7, 11) is 1.30. The van der Waals surface area contributed by atoms with Crippen LogP contribution in [0.1, 0.15) is 16.1 Å². The Kier molecular flexibility index (Phi) is 5.50. The maximum absolute atomic E-state index is 12.6. The van der Waals surface area contributed by atoms with Crippen LogP contribution in [0.15, 0.2) is 29.3 Å². The third-order valence-corrected chi connectivity index (χ3v) is 6.36. The number of carbonyl (C=O) groups excluding carboxylic acids is 2. The Morgan fingerprint density at radius 1 is 1.23 bits per heavy atom. The molecule has 12 heteroatoms. The number of thiophene rings is 1. The molecule has 3 heterocycles. The first-order valence-corrected chi connectivity index (χ1v) is 10.4. The van der Waals surface area contributed by atoms with Crippen LogP contribution < -0.4 is 14.3 Å². The van der Waals surface area contributed by atoms with Gasteiger partial charge in [0.25, 0.3) is 5.91 Å². The normalized spacial score (nSPS) is 13.4. The summed E-state index contributed by atoms with van der Waals surface area (Å²) in [4.78, 5) is 39.3. The Hall–Kier alpha value is -3.25. The number of ether oxygens (including phenoxy) is 3. The van der Waals surface area contributed by atoms with E-state index in [9.17, 15) is 19.7 Å². The second kappa shape index (κ2) is 8.24. The Labute approximate surface area is 177 Å². The quantitative estimate of drug-likeness (QED) is 0.333. The largest absolute Gasteiger partial charge is 0.486 e. The van der Waals surface area contributed by atoms with Gasteiger partial charge in [0.15, 0.2) is 16.3 Å². The van der Waals surface area contributed by atoms with Crippen LogP contribution in [0.2, 0.25) is 0 Å². The lowest BCUT2D eigenvalue weighted by molar-refractivity contribution is -0.380. The smallest absolute Gasteiger partial charge is 0.324 e. The van der Waals surface area contributed by atoms with E-state index in [0.717, 1.165) is 21.6 Å². The number of fused-ring (bicyclic) bond motifs is 2. The average molecular weight is 449 g/mol. The predicted octanol–water partition coefficient (Wildman–Crippen LogP) is 2.75. The van der Waals surface area contributed by atoms with Crippen LogP contribution in [0, 0.1) is 10.1 Å². The minimum atomic E-state index is -0.594. The van der Waals surface area contributed by atoms with Crippen molar-refractivity contribution in [3.63, 3.8) is 0 Å². The fourth-order valence-corrected chi connectivity index (χ4v) is 4.67. The number of carbonyl (C=O) groups is 2. The van der Waals surface area contributed by atoms with Crippen molar-refractivity contribution in [3.8, 4) is 11.5 Å². The van der Waals surface area contributed by atoms with E-state index in [1.54, 1.807) is 10.6 Å². The van der Waals surface area contributed by atoms with E-state index in [2.05, 4.69) is 4.99 Å². The van der Waals surface area contributed by atoms with Crippen LogP contribution in [0.4, 0.5) is 5.00 Å². The summed E-state index contributed by atoms with van der Waals surface area (Å²) in [5.74, 6) is 0.182. The van der Waals surface area contributed by atoms with E-state index in [-0.39, 0.29) is 22.8 Å². The number of aromatic nitrogens is 1. The second-order valence-electron chi connectivity index (χ2n) is 6.14.